The molecule has 31 heavy (non-hydrogen) atoms. The van der Waals surface area contributed by atoms with Gasteiger partial charge in [0.2, 0.25) is 5.82 Å². The van der Waals surface area contributed by atoms with Gasteiger partial charge in [0.05, 0.1) is 6.04 Å². The van der Waals surface area contributed by atoms with E-state index in [2.05, 4.69) is 49.5 Å². The summed E-state index contributed by atoms with van der Waals surface area (Å²) in [5.41, 5.74) is 2.60. The van der Waals surface area contributed by atoms with E-state index in [1.807, 2.05) is 24.5 Å². The second kappa shape index (κ2) is 9.42. The van der Waals surface area contributed by atoms with Crippen LogP contribution in [0.2, 0.25) is 5.02 Å². The number of halogens is 1. The van der Waals surface area contributed by atoms with Gasteiger partial charge in [-0.15, -0.1) is 5.10 Å². The Morgan fingerprint density at radius 3 is 2.39 bits per heavy atom. The molecule has 8 heteroatoms. The summed E-state index contributed by atoms with van der Waals surface area (Å²) < 4.78 is 2.12. The van der Waals surface area contributed by atoms with E-state index >= 15 is 0 Å². The summed E-state index contributed by atoms with van der Waals surface area (Å²) in [6.45, 7) is 5.50. The molecule has 0 radical (unpaired) electrons. The number of piperazine rings is 1. The minimum absolute atomic E-state index is 0.135. The number of aromatic nitrogens is 5. The van der Waals surface area contributed by atoms with Gasteiger partial charge in [0.1, 0.15) is 32.7 Å². The third kappa shape index (κ3) is 4.63. The average Bonchev–Trinajstić information content (AvgIpc) is 3.49. The lowest BCUT2D eigenvalue weighted by Gasteiger charge is -2.34. The molecule has 2 aliphatic rings. The van der Waals surface area contributed by atoms with E-state index < -0.39 is 0 Å². The predicted molar refractivity (Wildman–Crippen MR) is 118 cm³/mol. The minimum Gasteiger partial charge on any atom is -0.322 e. The molecule has 1 aliphatic carbocycles. The lowest BCUT2D eigenvalue weighted by atomic mass is 10.0. The van der Waals surface area contributed by atoms with Crippen LogP contribution in [0.15, 0.2) is 48.8 Å². The maximum absolute atomic E-state index is 6.20. The highest BCUT2D eigenvalue weighted by atomic mass is 35.5. The Bertz CT molecular complexity index is 961. The molecule has 162 valence electrons. The van der Waals surface area contributed by atoms with Crippen LogP contribution in [0, 0.1) is 0 Å². The van der Waals surface area contributed by atoms with Gasteiger partial charge >= 0.3 is 0 Å². The maximum atomic E-state index is 6.20. The number of rotatable bonds is 6. The molecular weight excluding hydrogens is 410 g/mol. The molecule has 1 saturated carbocycles. The van der Waals surface area contributed by atoms with E-state index in [1.54, 1.807) is 4.90 Å². The molecule has 0 spiro atoms. The number of pyridine rings is 1. The molecule has 0 unspecified atom stereocenters. The van der Waals surface area contributed by atoms with E-state index in [-0.39, 0.29) is 6.04 Å². The van der Waals surface area contributed by atoms with Gasteiger partial charge in [0, 0.05) is 28.5 Å². The van der Waals surface area contributed by atoms with Crippen LogP contribution in [-0.2, 0) is 6.54 Å². The van der Waals surface area contributed by atoms with Crippen LogP contribution in [0.25, 0.3) is 0 Å². The summed E-state index contributed by atoms with van der Waals surface area (Å²) in [5, 5.41) is 13.9. The van der Waals surface area contributed by atoms with Gasteiger partial charge in [0.15, 0.2) is 6.04 Å². The second-order valence-corrected chi connectivity index (χ2v) is 9.28. The van der Waals surface area contributed by atoms with Gasteiger partial charge in [-0.05, 0) is 47.5 Å². The lowest BCUT2D eigenvalue weighted by Crippen LogP contribution is -3.27. The molecule has 1 saturated heterocycles. The topological polar surface area (TPSA) is 65.4 Å². The Morgan fingerprint density at radius 1 is 0.968 bits per heavy atom. The van der Waals surface area contributed by atoms with Crippen molar-refractivity contribution in [2.75, 3.05) is 26.2 Å². The number of benzene rings is 1. The summed E-state index contributed by atoms with van der Waals surface area (Å²) in [6, 6.07) is 13.1. The lowest BCUT2D eigenvalue weighted by molar-refractivity contribution is -1.03. The van der Waals surface area contributed by atoms with Crippen molar-refractivity contribution in [3.63, 3.8) is 0 Å². The summed E-state index contributed by atoms with van der Waals surface area (Å²) in [5.74, 6) is 1.00. The summed E-state index contributed by atoms with van der Waals surface area (Å²) in [7, 11) is 0. The van der Waals surface area contributed by atoms with Crippen LogP contribution < -0.4 is 9.80 Å². The summed E-state index contributed by atoms with van der Waals surface area (Å²) >= 11 is 6.20. The first-order valence-corrected chi connectivity index (χ1v) is 11.8. The van der Waals surface area contributed by atoms with Crippen LogP contribution >= 0.6 is 11.6 Å². The molecule has 3 aromatic rings. The normalized spacial score (nSPS) is 23.1. The molecular formula is C23H30ClN7+2. The van der Waals surface area contributed by atoms with E-state index in [0.29, 0.717) is 6.04 Å². The van der Waals surface area contributed by atoms with Gasteiger partial charge in [-0.1, -0.05) is 36.6 Å². The van der Waals surface area contributed by atoms with Crippen molar-refractivity contribution in [2.45, 2.75) is 44.3 Å². The molecule has 7 nitrogen and oxygen atoms in total. The van der Waals surface area contributed by atoms with Gasteiger partial charge < -0.3 is 9.80 Å². The fraction of sp³-hybridized carbons (Fsp3) is 0.478. The third-order valence-corrected chi connectivity index (χ3v) is 7.11. The van der Waals surface area contributed by atoms with Crippen molar-refractivity contribution < 1.29 is 9.80 Å². The number of nitrogens with one attached hydrogen (secondary N) is 2. The highest BCUT2D eigenvalue weighted by molar-refractivity contribution is 6.30. The van der Waals surface area contributed by atoms with Crippen LogP contribution in [-0.4, -0.2) is 51.4 Å². The molecule has 2 aromatic heterocycles. The van der Waals surface area contributed by atoms with Crippen molar-refractivity contribution in [3.8, 4) is 0 Å². The van der Waals surface area contributed by atoms with E-state index in [0.717, 1.165) is 43.6 Å². The predicted octanol–water partition coefficient (Wildman–Crippen LogP) is 0.910. The van der Waals surface area contributed by atoms with Gasteiger partial charge in [0.25, 0.3) is 0 Å². The number of tetrazole rings is 1. The van der Waals surface area contributed by atoms with E-state index in [9.17, 15) is 0 Å². The molecule has 1 aliphatic heterocycles. The van der Waals surface area contributed by atoms with Crippen LogP contribution in [0.5, 0.6) is 0 Å². The van der Waals surface area contributed by atoms with Crippen LogP contribution in [0.3, 0.4) is 0 Å². The quantitative estimate of drug-likeness (QED) is 0.599. The number of quaternary nitrogens is 2. The Morgan fingerprint density at radius 2 is 1.68 bits per heavy atom. The molecule has 2 N–H and O–H groups in total. The van der Waals surface area contributed by atoms with Gasteiger partial charge in [-0.25, -0.2) is 4.68 Å². The summed E-state index contributed by atoms with van der Waals surface area (Å²) in [6.07, 6.45) is 8.64. The first-order valence-electron chi connectivity index (χ1n) is 11.4. The second-order valence-electron chi connectivity index (χ2n) is 8.84. The Hall–Kier alpha value is -2.35. The molecule has 0 bridgehead atoms. The first kappa shape index (κ1) is 20.5. The van der Waals surface area contributed by atoms with Gasteiger partial charge in [-0.3, -0.25) is 4.98 Å². The van der Waals surface area contributed by atoms with E-state index in [1.165, 1.54) is 41.7 Å². The molecule has 5 rings (SSSR count). The minimum atomic E-state index is 0.135. The van der Waals surface area contributed by atoms with Gasteiger partial charge in [-0.2, -0.15) is 0 Å². The molecule has 1 atom stereocenters. The van der Waals surface area contributed by atoms with Crippen molar-refractivity contribution in [1.29, 1.82) is 0 Å². The Labute approximate surface area is 188 Å². The van der Waals surface area contributed by atoms with E-state index in [4.69, 9.17) is 11.6 Å². The van der Waals surface area contributed by atoms with Crippen LogP contribution in [0.4, 0.5) is 0 Å². The maximum Gasteiger partial charge on any atom is 0.214 e. The SMILES string of the molecule is Clc1ccc([C@H](c2nnnn2C2CCCC2)[NH+]2CC[NH+](Cc3ccncc3)CC2)cc1. The van der Waals surface area contributed by atoms with Crippen molar-refractivity contribution in [2.24, 2.45) is 0 Å². The largest absolute Gasteiger partial charge is 0.322 e. The Balaban J connectivity index is 1.37. The zero-order valence-electron chi connectivity index (χ0n) is 17.8. The highest BCUT2D eigenvalue weighted by Crippen LogP contribution is 2.31. The van der Waals surface area contributed by atoms with Crippen LogP contribution in [0.1, 0.15) is 54.7 Å². The van der Waals surface area contributed by atoms with Crippen molar-refractivity contribution in [1.82, 2.24) is 25.2 Å². The number of hydrogen-bond donors (Lipinski definition) is 2. The number of nitrogens with zero attached hydrogens (tertiary/aromatic N) is 5. The third-order valence-electron chi connectivity index (χ3n) is 6.86. The zero-order chi connectivity index (χ0) is 21.0. The smallest absolute Gasteiger partial charge is 0.214 e. The van der Waals surface area contributed by atoms with Crippen molar-refractivity contribution in [3.05, 3.63) is 70.8 Å². The fourth-order valence-corrected chi connectivity index (χ4v) is 5.33. The summed E-state index contributed by atoms with van der Waals surface area (Å²) in [4.78, 5) is 7.30. The molecule has 3 heterocycles. The average molecular weight is 440 g/mol. The Kier molecular flexibility index (Phi) is 6.25. The molecule has 2 fully saturated rings. The fourth-order valence-electron chi connectivity index (χ4n) is 5.20. The first-order chi connectivity index (χ1) is 15.3. The highest BCUT2D eigenvalue weighted by Gasteiger charge is 2.37. The standard InChI is InChI=1S/C23H28ClN7/c24-20-7-5-19(6-8-20)22(23-26-27-28-31(23)21-3-1-2-4-21)30-15-13-29(14-16-30)17-18-9-11-25-12-10-18/h5-12,21-22H,1-4,13-17H2/p+2/t22-/m1/s1. The molecule has 0 amide bonds. The number of hydrogen-bond acceptors (Lipinski definition) is 4. The zero-order valence-corrected chi connectivity index (χ0v) is 18.5. The molecule has 1 aromatic carbocycles. The monoisotopic (exact) mass is 439 g/mol. The van der Waals surface area contributed by atoms with Crippen molar-refractivity contribution >= 4 is 11.6 Å².